The molecule has 1 heterocycles. The molecule has 2 aliphatic rings. The Morgan fingerprint density at radius 2 is 1.72 bits per heavy atom. The van der Waals surface area contributed by atoms with E-state index in [1.807, 2.05) is 11.0 Å². The van der Waals surface area contributed by atoms with Crippen LogP contribution in [0.2, 0.25) is 0 Å². The Morgan fingerprint density at radius 1 is 1.00 bits per heavy atom. The molecule has 0 spiro atoms. The second kappa shape index (κ2) is 6.87. The zero-order chi connectivity index (χ0) is 17.2. The number of piperidine rings is 1. The zero-order valence-electron chi connectivity index (χ0n) is 14.3. The van der Waals surface area contributed by atoms with Crippen LogP contribution in [0.3, 0.4) is 0 Å². The Morgan fingerprint density at radius 3 is 2.48 bits per heavy atom. The average Bonchev–Trinajstić information content (AvgIpc) is 3.11. The Labute approximate surface area is 147 Å². The molecule has 1 aliphatic carbocycles. The number of aryl methyl sites for hydroxylation is 2. The van der Waals surface area contributed by atoms with Crippen molar-refractivity contribution in [1.82, 2.24) is 4.90 Å². The van der Waals surface area contributed by atoms with Crippen LogP contribution in [0.5, 0.6) is 0 Å². The molecule has 25 heavy (non-hydrogen) atoms. The SMILES string of the molecule is O=C(c1ccc2c(c1)CCC2)N1CCC(Nc2ccc(F)cc2)CC1. The molecular formula is C21H23FN2O. The van der Waals surface area contributed by atoms with Crippen molar-refractivity contribution in [3.63, 3.8) is 0 Å². The van der Waals surface area contributed by atoms with Gasteiger partial charge in [0.15, 0.2) is 0 Å². The third kappa shape index (κ3) is 3.53. The van der Waals surface area contributed by atoms with E-state index in [9.17, 15) is 9.18 Å². The fraction of sp³-hybridized carbons (Fsp3) is 0.381. The van der Waals surface area contributed by atoms with Gasteiger partial charge >= 0.3 is 0 Å². The predicted octanol–water partition coefficient (Wildman–Crippen LogP) is 4.03. The van der Waals surface area contributed by atoms with Crippen molar-refractivity contribution in [2.45, 2.75) is 38.1 Å². The molecule has 0 saturated carbocycles. The topological polar surface area (TPSA) is 32.3 Å². The fourth-order valence-corrected chi connectivity index (χ4v) is 3.90. The van der Waals surface area contributed by atoms with Gasteiger partial charge in [-0.3, -0.25) is 4.79 Å². The number of likely N-dealkylation sites (tertiary alicyclic amines) is 1. The van der Waals surface area contributed by atoms with Crippen molar-refractivity contribution in [2.24, 2.45) is 0 Å². The predicted molar refractivity (Wildman–Crippen MR) is 97.4 cm³/mol. The van der Waals surface area contributed by atoms with E-state index in [-0.39, 0.29) is 11.7 Å². The number of carbonyl (C=O) groups is 1. The van der Waals surface area contributed by atoms with E-state index >= 15 is 0 Å². The van der Waals surface area contributed by atoms with Gasteiger partial charge in [0.1, 0.15) is 5.82 Å². The van der Waals surface area contributed by atoms with E-state index in [2.05, 4.69) is 17.4 Å². The Hall–Kier alpha value is -2.36. The number of nitrogens with zero attached hydrogens (tertiary/aromatic N) is 1. The van der Waals surface area contributed by atoms with Gasteiger partial charge in [-0.25, -0.2) is 4.39 Å². The van der Waals surface area contributed by atoms with Crippen LogP contribution in [0.4, 0.5) is 10.1 Å². The van der Waals surface area contributed by atoms with Crippen LogP contribution in [-0.4, -0.2) is 29.9 Å². The minimum absolute atomic E-state index is 0.148. The summed E-state index contributed by atoms with van der Waals surface area (Å²) in [7, 11) is 0. The molecule has 1 aliphatic heterocycles. The number of anilines is 1. The standard InChI is InChI=1S/C21H23FN2O/c22-18-6-8-19(9-7-18)23-20-10-12-24(13-11-20)21(25)17-5-4-15-2-1-3-16(15)14-17/h4-9,14,20,23H,1-3,10-13H2. The van der Waals surface area contributed by atoms with Gasteiger partial charge in [0.2, 0.25) is 0 Å². The van der Waals surface area contributed by atoms with Crippen molar-refractivity contribution < 1.29 is 9.18 Å². The van der Waals surface area contributed by atoms with Crippen LogP contribution in [0, 0.1) is 5.82 Å². The molecule has 0 atom stereocenters. The summed E-state index contributed by atoms with van der Waals surface area (Å²) in [6.45, 7) is 1.52. The molecule has 0 bridgehead atoms. The van der Waals surface area contributed by atoms with Gasteiger partial charge in [0.25, 0.3) is 5.91 Å². The molecule has 2 aromatic carbocycles. The maximum atomic E-state index is 13.0. The second-order valence-electron chi connectivity index (χ2n) is 7.05. The molecule has 0 unspecified atom stereocenters. The first-order valence-corrected chi connectivity index (χ1v) is 9.12. The molecule has 130 valence electrons. The number of fused-ring (bicyclic) bond motifs is 1. The van der Waals surface area contributed by atoms with Crippen LogP contribution in [0.1, 0.15) is 40.7 Å². The monoisotopic (exact) mass is 338 g/mol. The summed E-state index contributed by atoms with van der Waals surface area (Å²) in [5.74, 6) is -0.0738. The van der Waals surface area contributed by atoms with Crippen LogP contribution in [-0.2, 0) is 12.8 Å². The summed E-state index contributed by atoms with van der Waals surface area (Å²) in [4.78, 5) is 14.7. The lowest BCUT2D eigenvalue weighted by Gasteiger charge is -2.33. The van der Waals surface area contributed by atoms with Crippen molar-refractivity contribution >= 4 is 11.6 Å². The van der Waals surface area contributed by atoms with Crippen LogP contribution >= 0.6 is 0 Å². The van der Waals surface area contributed by atoms with E-state index in [0.29, 0.717) is 6.04 Å². The normalized spacial score (nSPS) is 17.4. The molecular weight excluding hydrogens is 315 g/mol. The molecule has 0 aromatic heterocycles. The highest BCUT2D eigenvalue weighted by molar-refractivity contribution is 5.94. The van der Waals surface area contributed by atoms with E-state index in [4.69, 9.17) is 0 Å². The number of carbonyl (C=O) groups excluding carboxylic acids is 1. The number of rotatable bonds is 3. The summed E-state index contributed by atoms with van der Waals surface area (Å²) in [5.41, 5.74) is 4.51. The minimum Gasteiger partial charge on any atom is -0.382 e. The number of halogens is 1. The van der Waals surface area contributed by atoms with E-state index < -0.39 is 0 Å². The summed E-state index contributed by atoms with van der Waals surface area (Å²) in [6, 6.07) is 13.0. The van der Waals surface area contributed by atoms with E-state index in [1.54, 1.807) is 12.1 Å². The first-order valence-electron chi connectivity index (χ1n) is 9.12. The second-order valence-corrected chi connectivity index (χ2v) is 7.05. The highest BCUT2D eigenvalue weighted by Gasteiger charge is 2.24. The lowest BCUT2D eigenvalue weighted by atomic mass is 10.0. The third-order valence-corrected chi connectivity index (χ3v) is 5.34. The molecule has 2 aromatic rings. The lowest BCUT2D eigenvalue weighted by molar-refractivity contribution is 0.0718. The Kier molecular flexibility index (Phi) is 4.43. The van der Waals surface area contributed by atoms with Crippen molar-refractivity contribution in [3.05, 3.63) is 65.0 Å². The fourth-order valence-electron chi connectivity index (χ4n) is 3.90. The maximum Gasteiger partial charge on any atom is 0.253 e. The molecule has 4 heteroatoms. The summed E-state index contributed by atoms with van der Waals surface area (Å²) in [6.07, 6.45) is 5.26. The zero-order valence-corrected chi connectivity index (χ0v) is 14.3. The van der Waals surface area contributed by atoms with Gasteiger partial charge in [-0.05, 0) is 79.6 Å². The first-order chi connectivity index (χ1) is 12.2. The van der Waals surface area contributed by atoms with Gasteiger partial charge < -0.3 is 10.2 Å². The van der Waals surface area contributed by atoms with E-state index in [0.717, 1.165) is 50.0 Å². The number of benzene rings is 2. The smallest absolute Gasteiger partial charge is 0.253 e. The van der Waals surface area contributed by atoms with Crippen molar-refractivity contribution in [1.29, 1.82) is 0 Å². The quantitative estimate of drug-likeness (QED) is 0.916. The van der Waals surface area contributed by atoms with Crippen molar-refractivity contribution in [2.75, 3.05) is 18.4 Å². The van der Waals surface area contributed by atoms with Gasteiger partial charge in [-0.2, -0.15) is 0 Å². The van der Waals surface area contributed by atoms with Gasteiger partial charge in [-0.15, -0.1) is 0 Å². The highest BCUT2D eigenvalue weighted by Crippen LogP contribution is 2.24. The molecule has 1 amide bonds. The number of hydrogen-bond donors (Lipinski definition) is 1. The van der Waals surface area contributed by atoms with Gasteiger partial charge in [-0.1, -0.05) is 6.07 Å². The lowest BCUT2D eigenvalue weighted by Crippen LogP contribution is -2.42. The molecule has 0 radical (unpaired) electrons. The minimum atomic E-state index is -0.222. The van der Waals surface area contributed by atoms with E-state index in [1.165, 1.54) is 29.7 Å². The number of nitrogens with one attached hydrogen (secondary N) is 1. The molecule has 1 N–H and O–H groups in total. The van der Waals surface area contributed by atoms with Gasteiger partial charge in [0.05, 0.1) is 0 Å². The first kappa shape index (κ1) is 16.1. The van der Waals surface area contributed by atoms with Crippen molar-refractivity contribution in [3.8, 4) is 0 Å². The van der Waals surface area contributed by atoms with Crippen LogP contribution in [0.15, 0.2) is 42.5 Å². The maximum absolute atomic E-state index is 13.0. The molecule has 4 rings (SSSR count). The summed E-state index contributed by atoms with van der Waals surface area (Å²) >= 11 is 0. The summed E-state index contributed by atoms with van der Waals surface area (Å²) in [5, 5.41) is 3.44. The average molecular weight is 338 g/mol. The number of amides is 1. The summed E-state index contributed by atoms with van der Waals surface area (Å²) < 4.78 is 13.0. The Balaban J connectivity index is 1.35. The molecule has 1 saturated heterocycles. The van der Waals surface area contributed by atoms with Crippen LogP contribution < -0.4 is 5.32 Å². The largest absolute Gasteiger partial charge is 0.382 e. The molecule has 1 fully saturated rings. The molecule has 3 nitrogen and oxygen atoms in total. The van der Waals surface area contributed by atoms with Gasteiger partial charge in [0, 0.05) is 30.4 Å². The Bertz CT molecular complexity index is 764. The number of hydrogen-bond acceptors (Lipinski definition) is 2. The highest BCUT2D eigenvalue weighted by atomic mass is 19.1. The third-order valence-electron chi connectivity index (χ3n) is 5.34. The van der Waals surface area contributed by atoms with Crippen LogP contribution in [0.25, 0.3) is 0 Å².